The zero-order valence-electron chi connectivity index (χ0n) is 15.1. The first kappa shape index (κ1) is 20.6. The highest BCUT2D eigenvalue weighted by atomic mass is 79.9. The molecular formula is C19H19Br2N3O4. The molecule has 0 aromatic heterocycles. The number of piperidine rings is 1. The van der Waals surface area contributed by atoms with Gasteiger partial charge in [0, 0.05) is 29.3 Å². The second-order valence-electron chi connectivity index (χ2n) is 6.89. The number of nitro groups is 1. The second kappa shape index (κ2) is 8.48. The number of amides is 1. The number of benzene rings is 2. The van der Waals surface area contributed by atoms with Gasteiger partial charge >= 0.3 is 0 Å². The fourth-order valence-electron chi connectivity index (χ4n) is 3.36. The zero-order valence-corrected chi connectivity index (χ0v) is 18.3. The van der Waals surface area contributed by atoms with E-state index in [1.54, 1.807) is 18.2 Å². The highest BCUT2D eigenvalue weighted by molar-refractivity contribution is 9.11. The Labute approximate surface area is 179 Å². The molecule has 0 saturated carbocycles. The van der Waals surface area contributed by atoms with Crippen LogP contribution in [0.3, 0.4) is 0 Å². The monoisotopic (exact) mass is 511 g/mol. The van der Waals surface area contributed by atoms with Crippen LogP contribution in [-0.4, -0.2) is 29.0 Å². The molecule has 1 amide bonds. The van der Waals surface area contributed by atoms with Gasteiger partial charge in [0.15, 0.2) is 0 Å². The van der Waals surface area contributed by atoms with Crippen LogP contribution in [-0.2, 0) is 0 Å². The summed E-state index contributed by atoms with van der Waals surface area (Å²) in [5.74, 6) is -0.284. The summed E-state index contributed by atoms with van der Waals surface area (Å²) in [5, 5.41) is 24.3. The highest BCUT2D eigenvalue weighted by Gasteiger charge is 2.25. The number of anilines is 2. The molecule has 9 heteroatoms. The quantitative estimate of drug-likeness (QED) is 0.427. The van der Waals surface area contributed by atoms with Crippen molar-refractivity contribution in [3.63, 3.8) is 0 Å². The van der Waals surface area contributed by atoms with Crippen LogP contribution >= 0.6 is 31.9 Å². The maximum absolute atomic E-state index is 12.6. The van der Waals surface area contributed by atoms with E-state index in [-0.39, 0.29) is 17.0 Å². The molecule has 1 saturated heterocycles. The summed E-state index contributed by atoms with van der Waals surface area (Å²) in [6.45, 7) is 3.68. The van der Waals surface area contributed by atoms with Crippen molar-refractivity contribution >= 4 is 54.8 Å². The van der Waals surface area contributed by atoms with Gasteiger partial charge < -0.3 is 15.3 Å². The van der Waals surface area contributed by atoms with E-state index < -0.39 is 10.8 Å². The van der Waals surface area contributed by atoms with Gasteiger partial charge in [-0.05, 0) is 59.0 Å². The van der Waals surface area contributed by atoms with E-state index >= 15 is 0 Å². The Morgan fingerprint density at radius 2 is 2.07 bits per heavy atom. The molecule has 7 nitrogen and oxygen atoms in total. The lowest BCUT2D eigenvalue weighted by Crippen LogP contribution is -2.34. The number of rotatable bonds is 4. The third-order valence-corrected chi connectivity index (χ3v) is 5.76. The van der Waals surface area contributed by atoms with Gasteiger partial charge in [-0.1, -0.05) is 22.9 Å². The Balaban J connectivity index is 1.88. The van der Waals surface area contributed by atoms with Gasteiger partial charge in [-0.25, -0.2) is 0 Å². The van der Waals surface area contributed by atoms with Crippen LogP contribution in [0.2, 0.25) is 0 Å². The minimum absolute atomic E-state index is 0.0495. The largest absolute Gasteiger partial charge is 0.506 e. The summed E-state index contributed by atoms with van der Waals surface area (Å²) in [6.07, 6.45) is 2.11. The van der Waals surface area contributed by atoms with Crippen LogP contribution < -0.4 is 10.2 Å². The SMILES string of the molecule is CC1CCCN(c2ccc(NC(=O)c3cc(Br)cc(Br)c3O)cc2[N+](=O)[O-])C1. The number of nitrogens with zero attached hydrogens (tertiary/aromatic N) is 2. The van der Waals surface area contributed by atoms with Gasteiger partial charge in [-0.2, -0.15) is 0 Å². The topological polar surface area (TPSA) is 95.7 Å². The van der Waals surface area contributed by atoms with Crippen molar-refractivity contribution in [3.05, 3.63) is 55.0 Å². The highest BCUT2D eigenvalue weighted by Crippen LogP contribution is 2.35. The molecule has 0 spiro atoms. The summed E-state index contributed by atoms with van der Waals surface area (Å²) in [6, 6.07) is 7.77. The number of aromatic hydroxyl groups is 1. The van der Waals surface area contributed by atoms with Crippen molar-refractivity contribution < 1.29 is 14.8 Å². The van der Waals surface area contributed by atoms with Crippen LogP contribution in [0.5, 0.6) is 5.75 Å². The standard InChI is InChI=1S/C19H19Br2N3O4/c1-11-3-2-6-23(10-11)16-5-4-13(9-17(16)24(27)28)22-19(26)14-7-12(20)8-15(21)18(14)25/h4-5,7-9,11,25H,2-3,6,10H2,1H3,(H,22,26). The van der Waals surface area contributed by atoms with Gasteiger partial charge in [0.05, 0.1) is 15.0 Å². The molecule has 1 fully saturated rings. The van der Waals surface area contributed by atoms with Crippen LogP contribution in [0, 0.1) is 16.0 Å². The van der Waals surface area contributed by atoms with Crippen LogP contribution in [0.15, 0.2) is 39.3 Å². The number of halogens is 2. The Morgan fingerprint density at radius 1 is 1.32 bits per heavy atom. The maximum atomic E-state index is 12.6. The van der Waals surface area contributed by atoms with Crippen molar-refractivity contribution in [2.45, 2.75) is 19.8 Å². The molecule has 1 unspecified atom stereocenters. The Kier molecular flexibility index (Phi) is 6.24. The van der Waals surface area contributed by atoms with E-state index in [1.807, 2.05) is 4.90 Å². The third kappa shape index (κ3) is 4.47. The molecule has 28 heavy (non-hydrogen) atoms. The third-order valence-electron chi connectivity index (χ3n) is 4.70. The first-order valence-electron chi connectivity index (χ1n) is 8.79. The van der Waals surface area contributed by atoms with Crippen LogP contribution in [0.1, 0.15) is 30.1 Å². The minimum atomic E-state index is -0.562. The van der Waals surface area contributed by atoms with Gasteiger partial charge in [0.2, 0.25) is 0 Å². The summed E-state index contributed by atoms with van der Waals surface area (Å²) >= 11 is 6.46. The summed E-state index contributed by atoms with van der Waals surface area (Å²) < 4.78 is 0.982. The summed E-state index contributed by atoms with van der Waals surface area (Å²) in [4.78, 5) is 25.8. The number of carbonyl (C=O) groups excluding carboxylic acids is 1. The van der Waals surface area contributed by atoms with Gasteiger partial charge in [0.1, 0.15) is 11.4 Å². The average Bonchev–Trinajstić information content (AvgIpc) is 2.64. The number of carbonyl (C=O) groups is 1. The fourth-order valence-corrected chi connectivity index (χ4v) is 4.59. The fraction of sp³-hybridized carbons (Fsp3) is 0.316. The number of hydrogen-bond donors (Lipinski definition) is 2. The predicted octanol–water partition coefficient (Wildman–Crippen LogP) is 5.31. The van der Waals surface area contributed by atoms with Crippen molar-refractivity contribution in [1.82, 2.24) is 0 Å². The normalized spacial score (nSPS) is 16.7. The van der Waals surface area contributed by atoms with E-state index in [2.05, 4.69) is 44.1 Å². The molecule has 2 N–H and O–H groups in total. The van der Waals surface area contributed by atoms with E-state index in [9.17, 15) is 20.0 Å². The van der Waals surface area contributed by atoms with E-state index in [4.69, 9.17) is 0 Å². The van der Waals surface area contributed by atoms with Crippen LogP contribution in [0.25, 0.3) is 0 Å². The molecule has 1 aliphatic rings. The van der Waals surface area contributed by atoms with E-state index in [1.165, 1.54) is 12.1 Å². The Hall–Kier alpha value is -2.13. The van der Waals surface area contributed by atoms with Gasteiger partial charge in [-0.3, -0.25) is 14.9 Å². The molecule has 0 aliphatic carbocycles. The predicted molar refractivity (Wildman–Crippen MR) is 115 cm³/mol. The molecule has 1 heterocycles. The number of hydrogen-bond acceptors (Lipinski definition) is 5. The smallest absolute Gasteiger partial charge is 0.294 e. The second-order valence-corrected chi connectivity index (χ2v) is 8.66. The van der Waals surface area contributed by atoms with E-state index in [0.29, 0.717) is 26.2 Å². The molecule has 0 radical (unpaired) electrons. The lowest BCUT2D eigenvalue weighted by molar-refractivity contribution is -0.384. The Bertz CT molecular complexity index is 936. The lowest BCUT2D eigenvalue weighted by atomic mass is 9.99. The molecule has 3 rings (SSSR count). The van der Waals surface area contributed by atoms with Crippen molar-refractivity contribution in [2.24, 2.45) is 5.92 Å². The van der Waals surface area contributed by atoms with Crippen molar-refractivity contribution in [3.8, 4) is 5.75 Å². The number of phenols is 1. The van der Waals surface area contributed by atoms with Crippen LogP contribution in [0.4, 0.5) is 17.1 Å². The molecular weight excluding hydrogens is 494 g/mol. The van der Waals surface area contributed by atoms with E-state index in [0.717, 1.165) is 25.9 Å². The summed E-state index contributed by atoms with van der Waals surface area (Å²) in [5.41, 5.74) is 0.855. The Morgan fingerprint density at radius 3 is 2.75 bits per heavy atom. The first-order chi connectivity index (χ1) is 13.3. The lowest BCUT2D eigenvalue weighted by Gasteiger charge is -2.32. The van der Waals surface area contributed by atoms with Gasteiger partial charge in [0.25, 0.3) is 11.6 Å². The number of nitro benzene ring substituents is 1. The zero-order chi connectivity index (χ0) is 20.4. The number of nitrogens with one attached hydrogen (secondary N) is 1. The van der Waals surface area contributed by atoms with Crippen molar-refractivity contribution in [2.75, 3.05) is 23.3 Å². The minimum Gasteiger partial charge on any atom is -0.506 e. The molecule has 148 valence electrons. The molecule has 2 aromatic rings. The molecule has 1 aliphatic heterocycles. The maximum Gasteiger partial charge on any atom is 0.294 e. The summed E-state index contributed by atoms with van der Waals surface area (Å²) in [7, 11) is 0. The number of phenolic OH excluding ortho intramolecular Hbond substituents is 1. The van der Waals surface area contributed by atoms with Crippen molar-refractivity contribution in [1.29, 1.82) is 0 Å². The first-order valence-corrected chi connectivity index (χ1v) is 10.4. The molecule has 2 aromatic carbocycles. The van der Waals surface area contributed by atoms with Gasteiger partial charge in [-0.15, -0.1) is 0 Å². The molecule has 1 atom stereocenters. The average molecular weight is 513 g/mol. The molecule has 0 bridgehead atoms.